The number of hydrogen-bond donors (Lipinski definition) is 2. The molecule has 0 aliphatic carbocycles. The van der Waals surface area contributed by atoms with E-state index in [1.807, 2.05) is 0 Å². The highest BCUT2D eigenvalue weighted by Gasteiger charge is 2.19. The van der Waals surface area contributed by atoms with E-state index in [0.717, 1.165) is 6.07 Å². The predicted octanol–water partition coefficient (Wildman–Crippen LogP) is 0.341. The molecule has 0 bridgehead atoms. The largest absolute Gasteiger partial charge is 0.479 e. The van der Waals surface area contributed by atoms with E-state index in [2.05, 4.69) is 4.84 Å². The van der Waals surface area contributed by atoms with Crippen molar-refractivity contribution in [3.05, 3.63) is 39.9 Å². The highest BCUT2D eigenvalue weighted by molar-refractivity contribution is 5.97. The Hall–Kier alpha value is -2.48. The lowest BCUT2D eigenvalue weighted by Crippen LogP contribution is -2.27. The first-order valence-corrected chi connectivity index (χ1v) is 4.39. The van der Waals surface area contributed by atoms with Crippen molar-refractivity contribution in [1.29, 1.82) is 0 Å². The van der Waals surface area contributed by atoms with E-state index in [1.165, 1.54) is 18.2 Å². The fraction of sp³-hybridized carbons (Fsp3) is 0.111. The predicted molar refractivity (Wildman–Crippen MR) is 54.2 cm³/mol. The van der Waals surface area contributed by atoms with Crippen molar-refractivity contribution in [2.45, 2.75) is 0 Å². The van der Waals surface area contributed by atoms with Gasteiger partial charge in [-0.2, -0.15) is 0 Å². The number of nitro groups is 1. The van der Waals surface area contributed by atoms with Gasteiger partial charge in [0.2, 0.25) is 0 Å². The number of carboxylic acids is 1. The summed E-state index contributed by atoms with van der Waals surface area (Å²) in [5.74, 6) is -2.15. The first kappa shape index (κ1) is 12.6. The van der Waals surface area contributed by atoms with E-state index in [1.54, 1.807) is 5.48 Å². The quantitative estimate of drug-likeness (QED) is 0.565. The summed E-state index contributed by atoms with van der Waals surface area (Å²) in [5.41, 5.74) is 1.21. The number of hydrogen-bond acceptors (Lipinski definition) is 5. The molecule has 17 heavy (non-hydrogen) atoms. The minimum atomic E-state index is -1.27. The molecule has 2 N–H and O–H groups in total. The van der Waals surface area contributed by atoms with Crippen LogP contribution >= 0.6 is 0 Å². The van der Waals surface area contributed by atoms with Crippen LogP contribution in [0.2, 0.25) is 0 Å². The van der Waals surface area contributed by atoms with Gasteiger partial charge in [-0.25, -0.2) is 10.3 Å². The Kier molecular flexibility index (Phi) is 4.12. The Bertz CT molecular complexity index is 459. The zero-order valence-corrected chi connectivity index (χ0v) is 8.45. The molecule has 0 atom stereocenters. The van der Waals surface area contributed by atoms with Crippen LogP contribution in [0.15, 0.2) is 24.3 Å². The monoisotopic (exact) mass is 240 g/mol. The topological polar surface area (TPSA) is 119 Å². The van der Waals surface area contributed by atoms with Gasteiger partial charge in [-0.3, -0.25) is 19.7 Å². The average molecular weight is 240 g/mol. The number of amides is 1. The summed E-state index contributed by atoms with van der Waals surface area (Å²) in [4.78, 5) is 35.7. The molecule has 0 fully saturated rings. The Morgan fingerprint density at radius 2 is 2.06 bits per heavy atom. The molecule has 8 nitrogen and oxygen atoms in total. The van der Waals surface area contributed by atoms with Gasteiger partial charge in [0, 0.05) is 6.07 Å². The average Bonchev–Trinajstić information content (AvgIpc) is 2.28. The van der Waals surface area contributed by atoms with Gasteiger partial charge in [-0.05, 0) is 6.07 Å². The van der Waals surface area contributed by atoms with E-state index in [0.29, 0.717) is 0 Å². The SMILES string of the molecule is O=C(O)CONC(=O)c1ccccc1[N+](=O)[O-]. The highest BCUT2D eigenvalue weighted by atomic mass is 16.7. The summed E-state index contributed by atoms with van der Waals surface area (Å²) in [5, 5.41) is 18.9. The number of carbonyl (C=O) groups excluding carboxylic acids is 1. The number of nitro benzene ring substituents is 1. The number of nitrogens with zero attached hydrogens (tertiary/aromatic N) is 1. The van der Waals surface area contributed by atoms with Gasteiger partial charge in [0.1, 0.15) is 5.56 Å². The molecule has 0 aliphatic rings. The molecule has 0 unspecified atom stereocenters. The molecule has 0 aromatic heterocycles. The normalized spacial score (nSPS) is 9.65. The zero-order valence-electron chi connectivity index (χ0n) is 8.45. The molecule has 0 aliphatic heterocycles. The number of carboxylic acid groups (broad SMARTS) is 1. The third kappa shape index (κ3) is 3.54. The number of nitrogens with one attached hydrogen (secondary N) is 1. The Balaban J connectivity index is 2.75. The molecule has 8 heteroatoms. The van der Waals surface area contributed by atoms with Gasteiger partial charge < -0.3 is 5.11 Å². The summed E-state index contributed by atoms with van der Waals surface area (Å²) in [7, 11) is 0. The van der Waals surface area contributed by atoms with Crippen LogP contribution in [0, 0.1) is 10.1 Å². The van der Waals surface area contributed by atoms with Crippen molar-refractivity contribution in [2.24, 2.45) is 0 Å². The minimum absolute atomic E-state index is 0.206. The van der Waals surface area contributed by atoms with Gasteiger partial charge in [0.05, 0.1) is 4.92 Å². The first-order valence-electron chi connectivity index (χ1n) is 4.39. The molecule has 90 valence electrons. The fourth-order valence-corrected chi connectivity index (χ4v) is 1.04. The van der Waals surface area contributed by atoms with Crippen LogP contribution in [0.4, 0.5) is 5.69 Å². The van der Waals surface area contributed by atoms with Crippen LogP contribution in [-0.4, -0.2) is 28.5 Å². The Labute approximate surface area is 94.9 Å². The molecule has 0 spiro atoms. The third-order valence-corrected chi connectivity index (χ3v) is 1.71. The summed E-state index contributed by atoms with van der Waals surface area (Å²) in [6, 6.07) is 5.25. The summed E-state index contributed by atoms with van der Waals surface area (Å²) < 4.78 is 0. The number of hydroxylamine groups is 1. The van der Waals surface area contributed by atoms with Crippen molar-refractivity contribution in [2.75, 3.05) is 6.61 Å². The maximum absolute atomic E-state index is 11.4. The number of carbonyl (C=O) groups is 2. The zero-order chi connectivity index (χ0) is 12.8. The van der Waals surface area contributed by atoms with E-state index < -0.39 is 23.4 Å². The standard InChI is InChI=1S/C9H8N2O6/c12-8(13)5-17-10-9(14)6-3-1-2-4-7(6)11(15)16/h1-4H,5H2,(H,10,14)(H,12,13). The van der Waals surface area contributed by atoms with Gasteiger partial charge in [-0.15, -0.1) is 0 Å². The smallest absolute Gasteiger partial charge is 0.332 e. The molecule has 0 saturated heterocycles. The van der Waals surface area contributed by atoms with E-state index in [-0.39, 0.29) is 11.3 Å². The molecule has 1 amide bonds. The Morgan fingerprint density at radius 1 is 1.41 bits per heavy atom. The third-order valence-electron chi connectivity index (χ3n) is 1.71. The van der Waals surface area contributed by atoms with Gasteiger partial charge in [0.15, 0.2) is 6.61 Å². The van der Waals surface area contributed by atoms with Crippen LogP contribution in [0.25, 0.3) is 0 Å². The molecule has 0 heterocycles. The number of aliphatic carboxylic acids is 1. The van der Waals surface area contributed by atoms with Gasteiger partial charge in [0.25, 0.3) is 11.6 Å². The van der Waals surface area contributed by atoms with E-state index in [9.17, 15) is 19.7 Å². The van der Waals surface area contributed by atoms with Crippen LogP contribution in [0.3, 0.4) is 0 Å². The molecule has 0 radical (unpaired) electrons. The molecular weight excluding hydrogens is 232 g/mol. The minimum Gasteiger partial charge on any atom is -0.479 e. The first-order chi connectivity index (χ1) is 8.02. The summed E-state index contributed by atoms with van der Waals surface area (Å²) in [6.07, 6.45) is 0. The lowest BCUT2D eigenvalue weighted by molar-refractivity contribution is -0.385. The second-order valence-corrected chi connectivity index (χ2v) is 2.89. The second kappa shape index (κ2) is 5.56. The maximum Gasteiger partial charge on any atom is 0.332 e. The van der Waals surface area contributed by atoms with Crippen molar-refractivity contribution in [3.63, 3.8) is 0 Å². The molecule has 1 aromatic carbocycles. The maximum atomic E-state index is 11.4. The lowest BCUT2D eigenvalue weighted by atomic mass is 10.2. The molecular formula is C9H8N2O6. The number of rotatable bonds is 5. The molecule has 1 aromatic rings. The number of benzene rings is 1. The Morgan fingerprint density at radius 3 is 2.65 bits per heavy atom. The van der Waals surface area contributed by atoms with Crippen LogP contribution in [-0.2, 0) is 9.63 Å². The molecule has 0 saturated carbocycles. The van der Waals surface area contributed by atoms with Gasteiger partial charge >= 0.3 is 5.97 Å². The van der Waals surface area contributed by atoms with Crippen LogP contribution < -0.4 is 5.48 Å². The fourth-order valence-electron chi connectivity index (χ4n) is 1.04. The van der Waals surface area contributed by atoms with E-state index >= 15 is 0 Å². The van der Waals surface area contributed by atoms with Crippen LogP contribution in [0.5, 0.6) is 0 Å². The van der Waals surface area contributed by atoms with Crippen LogP contribution in [0.1, 0.15) is 10.4 Å². The van der Waals surface area contributed by atoms with Crippen molar-refractivity contribution in [3.8, 4) is 0 Å². The van der Waals surface area contributed by atoms with Crippen molar-refractivity contribution < 1.29 is 24.5 Å². The van der Waals surface area contributed by atoms with E-state index in [4.69, 9.17) is 5.11 Å². The molecule has 1 rings (SSSR count). The van der Waals surface area contributed by atoms with Crippen molar-refractivity contribution in [1.82, 2.24) is 5.48 Å². The van der Waals surface area contributed by atoms with Crippen molar-refractivity contribution >= 4 is 17.6 Å². The second-order valence-electron chi connectivity index (χ2n) is 2.89. The van der Waals surface area contributed by atoms with Gasteiger partial charge in [-0.1, -0.05) is 12.1 Å². The number of para-hydroxylation sites is 1. The highest BCUT2D eigenvalue weighted by Crippen LogP contribution is 2.17. The summed E-state index contributed by atoms with van der Waals surface area (Å²) >= 11 is 0. The lowest BCUT2D eigenvalue weighted by Gasteiger charge is -2.04. The summed E-state index contributed by atoms with van der Waals surface area (Å²) in [6.45, 7) is -0.730.